The van der Waals surface area contributed by atoms with Crippen molar-refractivity contribution in [2.75, 3.05) is 13.1 Å². The zero-order chi connectivity index (χ0) is 18.5. The summed E-state index contributed by atoms with van der Waals surface area (Å²) >= 11 is 5.94. The number of rotatable bonds is 6. The number of hydrogen-bond acceptors (Lipinski definition) is 3. The Morgan fingerprint density at radius 2 is 1.56 bits per heavy atom. The van der Waals surface area contributed by atoms with E-state index in [9.17, 15) is 0 Å². The summed E-state index contributed by atoms with van der Waals surface area (Å²) in [4.78, 5) is 7.02. The molecule has 1 aliphatic heterocycles. The van der Waals surface area contributed by atoms with Crippen molar-refractivity contribution in [3.63, 3.8) is 0 Å². The van der Waals surface area contributed by atoms with E-state index < -0.39 is 0 Å². The summed E-state index contributed by atoms with van der Waals surface area (Å²) in [7, 11) is 0. The van der Waals surface area contributed by atoms with Gasteiger partial charge in [-0.15, -0.1) is 0 Å². The van der Waals surface area contributed by atoms with Crippen LogP contribution in [0.25, 0.3) is 11.1 Å². The van der Waals surface area contributed by atoms with E-state index in [0.717, 1.165) is 34.1 Å². The normalized spacial score (nSPS) is 14.4. The molecule has 1 aromatic heterocycles. The van der Waals surface area contributed by atoms with Gasteiger partial charge in [-0.25, -0.2) is 0 Å². The van der Waals surface area contributed by atoms with Crippen molar-refractivity contribution >= 4 is 11.6 Å². The molecule has 2 heterocycles. The molecule has 1 saturated heterocycles. The fourth-order valence-electron chi connectivity index (χ4n) is 3.37. The van der Waals surface area contributed by atoms with Crippen LogP contribution in [0.4, 0.5) is 0 Å². The van der Waals surface area contributed by atoms with Crippen molar-refractivity contribution in [2.45, 2.75) is 26.0 Å². The molecule has 0 atom stereocenters. The van der Waals surface area contributed by atoms with Crippen molar-refractivity contribution in [1.29, 1.82) is 0 Å². The van der Waals surface area contributed by atoms with Gasteiger partial charge in [-0.05, 0) is 67.4 Å². The van der Waals surface area contributed by atoms with E-state index in [1.807, 2.05) is 48.7 Å². The van der Waals surface area contributed by atoms with Gasteiger partial charge in [-0.3, -0.25) is 9.88 Å². The van der Waals surface area contributed by atoms with Crippen LogP contribution in [0, 0.1) is 0 Å². The predicted molar refractivity (Wildman–Crippen MR) is 110 cm³/mol. The second kappa shape index (κ2) is 8.55. The van der Waals surface area contributed by atoms with Gasteiger partial charge < -0.3 is 4.74 Å². The highest BCUT2D eigenvalue weighted by Gasteiger charge is 2.11. The van der Waals surface area contributed by atoms with Crippen molar-refractivity contribution < 1.29 is 4.74 Å². The maximum Gasteiger partial charge on any atom is 0.130 e. The second-order valence-corrected chi connectivity index (χ2v) is 7.40. The molecule has 4 heteroatoms. The maximum absolute atomic E-state index is 5.94. The van der Waals surface area contributed by atoms with Crippen LogP contribution in [-0.2, 0) is 13.2 Å². The molecule has 0 aliphatic carbocycles. The highest BCUT2D eigenvalue weighted by atomic mass is 35.5. The summed E-state index contributed by atoms with van der Waals surface area (Å²) in [5.74, 6) is 0.878. The lowest BCUT2D eigenvalue weighted by Crippen LogP contribution is -2.18. The largest absolute Gasteiger partial charge is 0.487 e. The summed E-state index contributed by atoms with van der Waals surface area (Å²) in [6.07, 6.45) is 4.52. The van der Waals surface area contributed by atoms with Crippen molar-refractivity contribution in [2.24, 2.45) is 0 Å². The minimum absolute atomic E-state index is 0.465. The molecule has 4 rings (SSSR count). The summed E-state index contributed by atoms with van der Waals surface area (Å²) in [6.45, 7) is 3.94. The summed E-state index contributed by atoms with van der Waals surface area (Å²) in [5.41, 5.74) is 4.43. The van der Waals surface area contributed by atoms with Crippen molar-refractivity contribution in [3.05, 3.63) is 83.1 Å². The molecule has 0 bridgehead atoms. The van der Waals surface area contributed by atoms with Gasteiger partial charge in [-0.2, -0.15) is 0 Å². The Morgan fingerprint density at radius 1 is 0.852 bits per heavy atom. The van der Waals surface area contributed by atoms with Crippen LogP contribution in [0.3, 0.4) is 0 Å². The Kier molecular flexibility index (Phi) is 5.71. The summed E-state index contributed by atoms with van der Waals surface area (Å²) < 4.78 is 5.88. The van der Waals surface area contributed by atoms with E-state index in [0.29, 0.717) is 6.61 Å². The van der Waals surface area contributed by atoms with Gasteiger partial charge in [0.05, 0.1) is 5.69 Å². The van der Waals surface area contributed by atoms with Gasteiger partial charge in [0.25, 0.3) is 0 Å². The average molecular weight is 379 g/mol. The van der Waals surface area contributed by atoms with Crippen molar-refractivity contribution in [3.8, 4) is 16.9 Å². The molecule has 0 N–H and O–H groups in total. The first-order valence-electron chi connectivity index (χ1n) is 9.41. The smallest absolute Gasteiger partial charge is 0.130 e. The number of aromatic nitrogens is 1. The van der Waals surface area contributed by atoms with Gasteiger partial charge >= 0.3 is 0 Å². The van der Waals surface area contributed by atoms with Crippen LogP contribution in [0.5, 0.6) is 5.75 Å². The van der Waals surface area contributed by atoms with E-state index in [-0.39, 0.29) is 0 Å². The topological polar surface area (TPSA) is 25.4 Å². The molecule has 3 aromatic rings. The second-order valence-electron chi connectivity index (χ2n) is 6.96. The van der Waals surface area contributed by atoms with Gasteiger partial charge in [0, 0.05) is 23.3 Å². The Labute approximate surface area is 165 Å². The van der Waals surface area contributed by atoms with Crippen LogP contribution < -0.4 is 4.74 Å². The molecule has 2 aromatic carbocycles. The number of halogens is 1. The summed E-state index contributed by atoms with van der Waals surface area (Å²) in [5, 5.41) is 0.739. The molecule has 0 radical (unpaired) electrons. The molecule has 1 aliphatic rings. The third kappa shape index (κ3) is 4.88. The molecule has 0 amide bonds. The molecular weight excluding hydrogens is 356 g/mol. The lowest BCUT2D eigenvalue weighted by Gasteiger charge is -2.14. The van der Waals surface area contributed by atoms with E-state index in [1.165, 1.54) is 31.5 Å². The first-order chi connectivity index (χ1) is 13.3. The van der Waals surface area contributed by atoms with Crippen LogP contribution >= 0.6 is 11.6 Å². The average Bonchev–Trinajstić information content (AvgIpc) is 3.22. The highest BCUT2D eigenvalue weighted by Crippen LogP contribution is 2.21. The molecule has 0 spiro atoms. The van der Waals surface area contributed by atoms with Gasteiger partial charge in [0.15, 0.2) is 0 Å². The van der Waals surface area contributed by atoms with Crippen LogP contribution in [0.2, 0.25) is 5.02 Å². The van der Waals surface area contributed by atoms with E-state index in [2.05, 4.69) is 28.1 Å². The third-order valence-corrected chi connectivity index (χ3v) is 5.17. The minimum Gasteiger partial charge on any atom is -0.487 e. The zero-order valence-corrected chi connectivity index (χ0v) is 16.0. The third-order valence-electron chi connectivity index (χ3n) is 4.92. The van der Waals surface area contributed by atoms with Crippen LogP contribution in [0.1, 0.15) is 24.1 Å². The first-order valence-corrected chi connectivity index (χ1v) is 9.79. The molecule has 27 heavy (non-hydrogen) atoms. The molecule has 0 unspecified atom stereocenters. The maximum atomic E-state index is 5.94. The SMILES string of the molecule is Clc1ccc(-c2ccc(COc3ccc(CN4CCCC4)cc3)nc2)cc1. The lowest BCUT2D eigenvalue weighted by atomic mass is 10.1. The number of nitrogens with zero attached hydrogens (tertiary/aromatic N) is 2. The fourth-order valence-corrected chi connectivity index (χ4v) is 3.50. The molecule has 1 fully saturated rings. The monoisotopic (exact) mass is 378 g/mol. The highest BCUT2D eigenvalue weighted by molar-refractivity contribution is 6.30. The molecule has 3 nitrogen and oxygen atoms in total. The molecule has 0 saturated carbocycles. The first kappa shape index (κ1) is 18.0. The lowest BCUT2D eigenvalue weighted by molar-refractivity contribution is 0.300. The Bertz CT molecular complexity index is 854. The minimum atomic E-state index is 0.465. The number of benzene rings is 2. The number of likely N-dealkylation sites (tertiary alicyclic amines) is 1. The van der Waals surface area contributed by atoms with Crippen molar-refractivity contribution in [1.82, 2.24) is 9.88 Å². The van der Waals surface area contributed by atoms with E-state index in [4.69, 9.17) is 16.3 Å². The molecular formula is C23H23ClN2O. The van der Waals surface area contributed by atoms with Gasteiger partial charge in [0.2, 0.25) is 0 Å². The standard InChI is InChI=1S/C23H23ClN2O/c24-21-8-5-19(6-9-21)20-7-10-22(25-15-20)17-27-23-11-3-18(4-12-23)16-26-13-1-2-14-26/h3-12,15H,1-2,13-14,16-17H2. The van der Waals surface area contributed by atoms with Crippen LogP contribution in [-0.4, -0.2) is 23.0 Å². The number of hydrogen-bond donors (Lipinski definition) is 0. The summed E-state index contributed by atoms with van der Waals surface area (Å²) in [6, 6.07) is 20.3. The Balaban J connectivity index is 1.32. The molecule has 138 valence electrons. The Morgan fingerprint density at radius 3 is 2.22 bits per heavy atom. The number of ether oxygens (including phenoxy) is 1. The van der Waals surface area contributed by atoms with E-state index in [1.54, 1.807) is 0 Å². The number of pyridine rings is 1. The quantitative estimate of drug-likeness (QED) is 0.560. The van der Waals surface area contributed by atoms with E-state index >= 15 is 0 Å². The Hall–Kier alpha value is -2.36. The van der Waals surface area contributed by atoms with Crippen LogP contribution in [0.15, 0.2) is 66.9 Å². The van der Waals surface area contributed by atoms with Gasteiger partial charge in [-0.1, -0.05) is 41.9 Å². The predicted octanol–water partition coefficient (Wildman–Crippen LogP) is 5.58. The van der Waals surface area contributed by atoms with Gasteiger partial charge in [0.1, 0.15) is 12.4 Å². The zero-order valence-electron chi connectivity index (χ0n) is 15.3. The fraction of sp³-hybridized carbons (Fsp3) is 0.261.